The molecule has 0 aromatic carbocycles. The molecule has 0 amide bonds. The van der Waals surface area contributed by atoms with E-state index in [1.54, 1.807) is 0 Å². The lowest BCUT2D eigenvalue weighted by Crippen LogP contribution is -2.16. The summed E-state index contributed by atoms with van der Waals surface area (Å²) < 4.78 is 3.48. The number of hydrogen-bond acceptors (Lipinski definition) is 1. The van der Waals surface area contributed by atoms with Crippen LogP contribution in [0, 0.1) is 12.8 Å². The summed E-state index contributed by atoms with van der Waals surface area (Å²) >= 11 is 3.61. The summed E-state index contributed by atoms with van der Waals surface area (Å²) in [5.41, 5.74) is 5.09. The fourth-order valence-corrected chi connectivity index (χ4v) is 3.15. The number of halogens is 1. The normalized spacial score (nSPS) is 24.0. The smallest absolute Gasteiger partial charge is 0.137 e. The Morgan fingerprint density at radius 3 is 2.88 bits per heavy atom. The Balaban J connectivity index is 2.32. The second-order valence-electron chi connectivity index (χ2n) is 5.21. The standard InChI is InChI=1S/C14H17BrN2/c1-8-4-6-12-14(9(8)2)16-13-7-5-11(15)10(3)17(12)13/h5,7-9H,4,6H2,1-3H3. The Morgan fingerprint density at radius 2 is 2.12 bits per heavy atom. The summed E-state index contributed by atoms with van der Waals surface area (Å²) in [5.74, 6) is 1.33. The maximum Gasteiger partial charge on any atom is 0.137 e. The molecular weight excluding hydrogens is 276 g/mol. The summed E-state index contributed by atoms with van der Waals surface area (Å²) in [7, 11) is 0. The summed E-state index contributed by atoms with van der Waals surface area (Å²) in [5, 5.41) is 0. The van der Waals surface area contributed by atoms with E-state index < -0.39 is 0 Å². The molecule has 2 heterocycles. The SMILES string of the molecule is Cc1c(Br)ccc2nc3c(n12)CCC(C)C3C. The van der Waals surface area contributed by atoms with Crippen LogP contribution in [0.5, 0.6) is 0 Å². The largest absolute Gasteiger partial charge is 0.300 e. The molecule has 3 heteroatoms. The maximum absolute atomic E-state index is 4.83. The zero-order chi connectivity index (χ0) is 12.2. The minimum Gasteiger partial charge on any atom is -0.300 e. The van der Waals surface area contributed by atoms with E-state index in [-0.39, 0.29) is 0 Å². The number of imidazole rings is 1. The van der Waals surface area contributed by atoms with Gasteiger partial charge in [0, 0.05) is 21.8 Å². The number of nitrogens with zero attached hydrogens (tertiary/aromatic N) is 2. The predicted octanol–water partition coefficient (Wildman–Crippen LogP) is 4.09. The lowest BCUT2D eigenvalue weighted by molar-refractivity contribution is 0.415. The van der Waals surface area contributed by atoms with E-state index in [0.717, 1.165) is 22.5 Å². The molecule has 1 aliphatic carbocycles. The van der Waals surface area contributed by atoms with Crippen LogP contribution in [-0.4, -0.2) is 9.38 Å². The van der Waals surface area contributed by atoms with Gasteiger partial charge >= 0.3 is 0 Å². The summed E-state index contributed by atoms with van der Waals surface area (Å²) in [4.78, 5) is 4.83. The molecule has 2 aromatic heterocycles. The highest BCUT2D eigenvalue weighted by atomic mass is 79.9. The van der Waals surface area contributed by atoms with Gasteiger partial charge in [-0.05, 0) is 53.7 Å². The van der Waals surface area contributed by atoms with Crippen molar-refractivity contribution < 1.29 is 0 Å². The van der Waals surface area contributed by atoms with Gasteiger partial charge in [-0.3, -0.25) is 4.40 Å². The lowest BCUT2D eigenvalue weighted by Gasteiger charge is -2.25. The third-order valence-corrected chi connectivity index (χ3v) is 5.05. The van der Waals surface area contributed by atoms with Crippen molar-refractivity contribution in [1.29, 1.82) is 0 Å². The van der Waals surface area contributed by atoms with Crippen LogP contribution >= 0.6 is 15.9 Å². The van der Waals surface area contributed by atoms with Gasteiger partial charge in [0.05, 0.1) is 5.69 Å². The van der Waals surface area contributed by atoms with Crippen molar-refractivity contribution in [3.05, 3.63) is 33.7 Å². The molecule has 0 fully saturated rings. The molecule has 2 aromatic rings. The number of fused-ring (bicyclic) bond motifs is 3. The Kier molecular flexibility index (Phi) is 2.54. The van der Waals surface area contributed by atoms with Gasteiger partial charge in [0.15, 0.2) is 0 Å². The summed E-state index contributed by atoms with van der Waals surface area (Å²) in [6, 6.07) is 4.20. The molecule has 17 heavy (non-hydrogen) atoms. The van der Waals surface area contributed by atoms with Crippen molar-refractivity contribution >= 4 is 21.6 Å². The first-order valence-electron chi connectivity index (χ1n) is 6.26. The first-order valence-corrected chi connectivity index (χ1v) is 7.05. The molecule has 0 spiro atoms. The van der Waals surface area contributed by atoms with Crippen LogP contribution in [0.1, 0.15) is 43.3 Å². The van der Waals surface area contributed by atoms with Crippen molar-refractivity contribution in [2.75, 3.05) is 0 Å². The van der Waals surface area contributed by atoms with E-state index in [2.05, 4.69) is 53.2 Å². The third kappa shape index (κ3) is 1.55. The van der Waals surface area contributed by atoms with Crippen molar-refractivity contribution in [2.45, 2.75) is 39.5 Å². The maximum atomic E-state index is 4.83. The summed E-state index contributed by atoms with van der Waals surface area (Å²) in [6.45, 7) is 6.79. The van der Waals surface area contributed by atoms with Crippen molar-refractivity contribution in [1.82, 2.24) is 9.38 Å². The Hall–Kier alpha value is -0.830. The van der Waals surface area contributed by atoms with Gasteiger partial charge in [0.1, 0.15) is 5.65 Å². The van der Waals surface area contributed by atoms with Crippen LogP contribution in [0.4, 0.5) is 0 Å². The molecule has 3 rings (SSSR count). The van der Waals surface area contributed by atoms with Crippen molar-refractivity contribution in [3.63, 3.8) is 0 Å². The zero-order valence-corrected chi connectivity index (χ0v) is 12.1. The van der Waals surface area contributed by atoms with Crippen LogP contribution in [0.25, 0.3) is 5.65 Å². The van der Waals surface area contributed by atoms with E-state index in [4.69, 9.17) is 4.98 Å². The van der Waals surface area contributed by atoms with E-state index in [9.17, 15) is 0 Å². The zero-order valence-electron chi connectivity index (χ0n) is 10.5. The number of rotatable bonds is 0. The molecule has 2 atom stereocenters. The van der Waals surface area contributed by atoms with Gasteiger partial charge in [-0.1, -0.05) is 13.8 Å². The van der Waals surface area contributed by atoms with Crippen molar-refractivity contribution in [2.24, 2.45) is 5.92 Å². The Labute approximate surface area is 110 Å². The topological polar surface area (TPSA) is 17.3 Å². The highest BCUT2D eigenvalue weighted by Crippen LogP contribution is 2.36. The molecule has 0 bridgehead atoms. The Morgan fingerprint density at radius 1 is 1.35 bits per heavy atom. The second-order valence-corrected chi connectivity index (χ2v) is 6.06. The molecule has 0 N–H and O–H groups in total. The molecular formula is C14H17BrN2. The fraction of sp³-hybridized carbons (Fsp3) is 0.500. The minimum absolute atomic E-state index is 0.580. The number of aryl methyl sites for hydroxylation is 2. The van der Waals surface area contributed by atoms with Crippen LogP contribution in [0.15, 0.2) is 16.6 Å². The predicted molar refractivity (Wildman–Crippen MR) is 73.5 cm³/mol. The number of aromatic nitrogens is 2. The fourth-order valence-electron chi connectivity index (χ4n) is 2.84. The average molecular weight is 293 g/mol. The molecule has 2 nitrogen and oxygen atoms in total. The van der Waals surface area contributed by atoms with Gasteiger partial charge < -0.3 is 0 Å². The second kappa shape index (κ2) is 3.84. The van der Waals surface area contributed by atoms with Gasteiger partial charge in [-0.25, -0.2) is 4.98 Å². The van der Waals surface area contributed by atoms with E-state index in [0.29, 0.717) is 5.92 Å². The quantitative estimate of drug-likeness (QED) is 0.715. The molecule has 0 aliphatic heterocycles. The molecule has 0 radical (unpaired) electrons. The average Bonchev–Trinajstić information content (AvgIpc) is 2.69. The first-order chi connectivity index (χ1) is 8.09. The van der Waals surface area contributed by atoms with Crippen molar-refractivity contribution in [3.8, 4) is 0 Å². The number of pyridine rings is 1. The first kappa shape index (κ1) is 11.3. The molecule has 2 unspecified atom stereocenters. The minimum atomic E-state index is 0.580. The highest BCUT2D eigenvalue weighted by Gasteiger charge is 2.27. The van der Waals surface area contributed by atoms with Crippen LogP contribution < -0.4 is 0 Å². The van der Waals surface area contributed by atoms with Gasteiger partial charge in [0.25, 0.3) is 0 Å². The monoisotopic (exact) mass is 292 g/mol. The van der Waals surface area contributed by atoms with E-state index in [1.807, 2.05) is 0 Å². The highest BCUT2D eigenvalue weighted by molar-refractivity contribution is 9.10. The van der Waals surface area contributed by atoms with E-state index in [1.165, 1.54) is 23.5 Å². The lowest BCUT2D eigenvalue weighted by atomic mass is 9.82. The number of hydrogen-bond donors (Lipinski definition) is 0. The van der Waals surface area contributed by atoms with Crippen LogP contribution in [-0.2, 0) is 6.42 Å². The molecule has 0 saturated carbocycles. The third-order valence-electron chi connectivity index (χ3n) is 4.21. The molecule has 0 saturated heterocycles. The summed E-state index contributed by atoms with van der Waals surface area (Å²) in [6.07, 6.45) is 2.42. The van der Waals surface area contributed by atoms with Crippen LogP contribution in [0.3, 0.4) is 0 Å². The van der Waals surface area contributed by atoms with E-state index >= 15 is 0 Å². The van der Waals surface area contributed by atoms with Gasteiger partial charge in [-0.2, -0.15) is 0 Å². The van der Waals surface area contributed by atoms with Gasteiger partial charge in [0.2, 0.25) is 0 Å². The van der Waals surface area contributed by atoms with Crippen LogP contribution in [0.2, 0.25) is 0 Å². The molecule has 90 valence electrons. The van der Waals surface area contributed by atoms with Gasteiger partial charge in [-0.15, -0.1) is 0 Å². The Bertz CT molecular complexity index is 585. The molecule has 1 aliphatic rings.